The van der Waals surface area contributed by atoms with Crippen LogP contribution in [0.2, 0.25) is 0 Å². The van der Waals surface area contributed by atoms with E-state index >= 15 is 0 Å². The number of aliphatic hydroxyl groups is 1. The van der Waals surface area contributed by atoms with Crippen molar-refractivity contribution in [2.45, 2.75) is 51.0 Å². The van der Waals surface area contributed by atoms with Gasteiger partial charge in [0, 0.05) is 0 Å². The third-order valence-electron chi connectivity index (χ3n) is 5.54. The van der Waals surface area contributed by atoms with E-state index in [2.05, 4.69) is 44.2 Å². The van der Waals surface area contributed by atoms with Gasteiger partial charge in [-0.2, -0.15) is 0 Å². The molecule has 1 aromatic carbocycles. The average molecular weight is 244 g/mol. The minimum absolute atomic E-state index is 0.405. The summed E-state index contributed by atoms with van der Waals surface area (Å²) in [5, 5.41) is 11.1. The molecule has 0 saturated heterocycles. The molecule has 0 aliphatic heterocycles. The zero-order valence-corrected chi connectivity index (χ0v) is 11.5. The number of hydrogen-bond donors (Lipinski definition) is 1. The quantitative estimate of drug-likeness (QED) is 0.834. The first-order valence-corrected chi connectivity index (χ1v) is 7.40. The minimum Gasteiger partial charge on any atom is -0.389 e. The van der Waals surface area contributed by atoms with Crippen LogP contribution in [0, 0.1) is 17.8 Å². The fourth-order valence-electron chi connectivity index (χ4n) is 4.02. The first-order chi connectivity index (χ1) is 8.63. The highest BCUT2D eigenvalue weighted by atomic mass is 16.3. The van der Waals surface area contributed by atoms with Crippen molar-refractivity contribution in [1.82, 2.24) is 0 Å². The summed E-state index contributed by atoms with van der Waals surface area (Å²) >= 11 is 0. The monoisotopic (exact) mass is 244 g/mol. The van der Waals surface area contributed by atoms with Gasteiger partial charge in [-0.1, -0.05) is 57.0 Å². The van der Waals surface area contributed by atoms with E-state index < -0.39 is 5.60 Å². The van der Waals surface area contributed by atoms with Crippen LogP contribution in [0.4, 0.5) is 0 Å². The summed E-state index contributed by atoms with van der Waals surface area (Å²) < 4.78 is 0. The number of benzene rings is 1. The Morgan fingerprint density at radius 2 is 1.89 bits per heavy atom. The highest BCUT2D eigenvalue weighted by Crippen LogP contribution is 2.59. The second kappa shape index (κ2) is 4.38. The minimum atomic E-state index is -0.405. The maximum atomic E-state index is 11.1. The topological polar surface area (TPSA) is 20.2 Å². The normalized spacial score (nSPS) is 43.7. The van der Waals surface area contributed by atoms with E-state index in [4.69, 9.17) is 0 Å². The van der Waals surface area contributed by atoms with E-state index in [-0.39, 0.29) is 0 Å². The Balaban J connectivity index is 1.77. The standard InChI is InChI=1S/C17H24O/c1-12-7-6-10-17(18,13(12)2)16-11-15(16)14-8-4-3-5-9-14/h3-5,8-9,12-13,15-16,18H,6-7,10-11H2,1-2H3. The largest absolute Gasteiger partial charge is 0.389 e. The van der Waals surface area contributed by atoms with Crippen LogP contribution in [-0.2, 0) is 0 Å². The molecular weight excluding hydrogens is 220 g/mol. The van der Waals surface area contributed by atoms with Crippen molar-refractivity contribution in [1.29, 1.82) is 0 Å². The van der Waals surface area contributed by atoms with E-state index in [9.17, 15) is 5.11 Å². The van der Waals surface area contributed by atoms with E-state index in [1.54, 1.807) is 0 Å². The molecule has 2 aliphatic rings. The second-order valence-corrected chi connectivity index (χ2v) is 6.51. The molecule has 0 aromatic heterocycles. The lowest BCUT2D eigenvalue weighted by molar-refractivity contribution is -0.0816. The Bertz CT molecular complexity index is 413. The van der Waals surface area contributed by atoms with Gasteiger partial charge in [0.2, 0.25) is 0 Å². The molecule has 3 rings (SSSR count). The van der Waals surface area contributed by atoms with Crippen LogP contribution >= 0.6 is 0 Å². The number of hydrogen-bond acceptors (Lipinski definition) is 1. The predicted molar refractivity (Wildman–Crippen MR) is 74.4 cm³/mol. The molecule has 0 heterocycles. The Labute approximate surface area is 110 Å². The summed E-state index contributed by atoms with van der Waals surface area (Å²) in [5.41, 5.74) is 1.01. The van der Waals surface area contributed by atoms with Gasteiger partial charge in [-0.3, -0.25) is 0 Å². The molecule has 2 saturated carbocycles. The van der Waals surface area contributed by atoms with E-state index in [0.717, 1.165) is 6.42 Å². The molecule has 1 aromatic rings. The summed E-state index contributed by atoms with van der Waals surface area (Å²) in [6.07, 6.45) is 4.66. The van der Waals surface area contributed by atoms with Gasteiger partial charge in [-0.05, 0) is 42.1 Å². The van der Waals surface area contributed by atoms with Crippen molar-refractivity contribution in [3.05, 3.63) is 35.9 Å². The Morgan fingerprint density at radius 1 is 1.17 bits per heavy atom. The highest BCUT2D eigenvalue weighted by Gasteiger charge is 2.56. The molecule has 1 heteroatoms. The molecule has 0 bridgehead atoms. The van der Waals surface area contributed by atoms with Crippen LogP contribution in [0.1, 0.15) is 51.0 Å². The van der Waals surface area contributed by atoms with Crippen molar-refractivity contribution < 1.29 is 5.11 Å². The fourth-order valence-corrected chi connectivity index (χ4v) is 4.02. The van der Waals surface area contributed by atoms with Gasteiger partial charge in [0.05, 0.1) is 5.60 Å². The third kappa shape index (κ3) is 1.89. The summed E-state index contributed by atoms with van der Waals surface area (Å²) in [6, 6.07) is 10.7. The first kappa shape index (κ1) is 12.2. The van der Waals surface area contributed by atoms with Crippen molar-refractivity contribution in [2.24, 2.45) is 17.8 Å². The lowest BCUT2D eigenvalue weighted by Crippen LogP contribution is -2.45. The molecule has 0 radical (unpaired) electrons. The summed E-state index contributed by atoms with van der Waals surface area (Å²) in [6.45, 7) is 4.55. The Kier molecular flexibility index (Phi) is 2.97. The average Bonchev–Trinajstić information content (AvgIpc) is 3.18. The van der Waals surface area contributed by atoms with Crippen LogP contribution in [0.3, 0.4) is 0 Å². The smallest absolute Gasteiger partial charge is 0.0709 e. The van der Waals surface area contributed by atoms with Gasteiger partial charge in [-0.15, -0.1) is 0 Å². The molecule has 0 amide bonds. The van der Waals surface area contributed by atoms with Gasteiger partial charge >= 0.3 is 0 Å². The van der Waals surface area contributed by atoms with Crippen molar-refractivity contribution in [3.8, 4) is 0 Å². The molecule has 98 valence electrons. The van der Waals surface area contributed by atoms with Crippen LogP contribution in [-0.4, -0.2) is 10.7 Å². The molecule has 5 unspecified atom stereocenters. The van der Waals surface area contributed by atoms with Crippen LogP contribution in [0.5, 0.6) is 0 Å². The molecule has 18 heavy (non-hydrogen) atoms. The first-order valence-electron chi connectivity index (χ1n) is 7.40. The highest BCUT2D eigenvalue weighted by molar-refractivity contribution is 5.28. The molecule has 2 aliphatic carbocycles. The molecule has 2 fully saturated rings. The second-order valence-electron chi connectivity index (χ2n) is 6.51. The predicted octanol–water partition coefficient (Wildman–Crippen LogP) is 3.98. The van der Waals surface area contributed by atoms with Gasteiger partial charge < -0.3 is 5.11 Å². The van der Waals surface area contributed by atoms with Crippen molar-refractivity contribution >= 4 is 0 Å². The maximum absolute atomic E-state index is 11.1. The van der Waals surface area contributed by atoms with Gasteiger partial charge in [0.1, 0.15) is 0 Å². The van der Waals surface area contributed by atoms with E-state index in [1.165, 1.54) is 24.8 Å². The summed E-state index contributed by atoms with van der Waals surface area (Å²) in [7, 11) is 0. The fraction of sp³-hybridized carbons (Fsp3) is 0.647. The van der Waals surface area contributed by atoms with Gasteiger partial charge in [-0.25, -0.2) is 0 Å². The molecule has 1 N–H and O–H groups in total. The van der Waals surface area contributed by atoms with Crippen LogP contribution < -0.4 is 0 Å². The SMILES string of the molecule is CC1CCCC(O)(C2CC2c2ccccc2)C1C. The van der Waals surface area contributed by atoms with Crippen LogP contribution in [0.25, 0.3) is 0 Å². The molecule has 5 atom stereocenters. The Hall–Kier alpha value is -0.820. The molecular formula is C17H24O. The third-order valence-corrected chi connectivity index (χ3v) is 5.54. The van der Waals surface area contributed by atoms with Gasteiger partial charge in [0.25, 0.3) is 0 Å². The molecule has 0 spiro atoms. The van der Waals surface area contributed by atoms with Crippen molar-refractivity contribution in [2.75, 3.05) is 0 Å². The number of rotatable bonds is 2. The summed E-state index contributed by atoms with van der Waals surface area (Å²) in [4.78, 5) is 0. The van der Waals surface area contributed by atoms with Crippen LogP contribution in [0.15, 0.2) is 30.3 Å². The zero-order chi connectivity index (χ0) is 12.8. The van der Waals surface area contributed by atoms with E-state index in [0.29, 0.717) is 23.7 Å². The zero-order valence-electron chi connectivity index (χ0n) is 11.5. The van der Waals surface area contributed by atoms with Crippen molar-refractivity contribution in [3.63, 3.8) is 0 Å². The maximum Gasteiger partial charge on any atom is 0.0709 e. The Morgan fingerprint density at radius 3 is 2.61 bits per heavy atom. The van der Waals surface area contributed by atoms with Gasteiger partial charge in [0.15, 0.2) is 0 Å². The summed E-state index contributed by atoms with van der Waals surface area (Å²) in [5.74, 6) is 2.22. The lowest BCUT2D eigenvalue weighted by atomic mass is 9.67. The molecule has 1 nitrogen and oxygen atoms in total. The van der Waals surface area contributed by atoms with E-state index in [1.807, 2.05) is 0 Å². The lowest BCUT2D eigenvalue weighted by Gasteiger charge is -2.43.